The molecule has 0 heterocycles. The van der Waals surface area contributed by atoms with Crippen molar-refractivity contribution in [1.29, 1.82) is 0 Å². The van der Waals surface area contributed by atoms with Crippen molar-refractivity contribution in [3.63, 3.8) is 0 Å². The molecule has 0 atom stereocenters. The van der Waals surface area contributed by atoms with E-state index >= 15 is 0 Å². The van der Waals surface area contributed by atoms with Crippen molar-refractivity contribution in [3.05, 3.63) is 84.4 Å². The molecule has 0 amide bonds. The molecule has 0 radical (unpaired) electrons. The van der Waals surface area contributed by atoms with E-state index in [1.54, 1.807) is 0 Å². The molecule has 0 aliphatic carbocycles. The minimum absolute atomic E-state index is 0.192. The fourth-order valence-electron chi connectivity index (χ4n) is 2.75. The van der Waals surface area contributed by atoms with E-state index < -0.39 is 7.82 Å². The van der Waals surface area contributed by atoms with Gasteiger partial charge in [-0.1, -0.05) is 99.6 Å². The molecule has 0 aromatic heterocycles. The van der Waals surface area contributed by atoms with Crippen molar-refractivity contribution >= 4 is 7.82 Å². The summed E-state index contributed by atoms with van der Waals surface area (Å²) in [4.78, 5) is 21.6. The summed E-state index contributed by atoms with van der Waals surface area (Å²) in [5.41, 5.74) is 6.66. The van der Waals surface area contributed by atoms with E-state index in [0.29, 0.717) is 0 Å². The number of hydrogen-bond acceptors (Lipinski definition) is 1. The predicted octanol–water partition coefficient (Wildman–Crippen LogP) is 5.39. The van der Waals surface area contributed by atoms with Gasteiger partial charge < -0.3 is 14.7 Å². The summed E-state index contributed by atoms with van der Waals surface area (Å²) in [6.07, 6.45) is 0. The van der Waals surface area contributed by atoms with Gasteiger partial charge in [-0.15, -0.1) is 0 Å². The van der Waals surface area contributed by atoms with Gasteiger partial charge in [-0.05, 0) is 33.2 Å². The zero-order chi connectivity index (χ0) is 20.1. The molecule has 4 nitrogen and oxygen atoms in total. The Kier molecular flexibility index (Phi) is 6.74. The summed E-state index contributed by atoms with van der Waals surface area (Å²) in [5, 5.41) is 0. The van der Waals surface area contributed by atoms with E-state index in [9.17, 15) is 0 Å². The lowest BCUT2D eigenvalue weighted by atomic mass is 9.85. The standard InChI is InChI=1S/C22H22.H3O4P/c1-22(2,3)19-15-13-18(14-16-19)21-12-8-7-11-20(21)17-9-5-4-6-10-17;1-5(2,3)4/h4-16H,1-3H3;(H3,1,2,3,4). The lowest BCUT2D eigenvalue weighted by molar-refractivity contribution is 0.275. The lowest BCUT2D eigenvalue weighted by Gasteiger charge is -2.19. The van der Waals surface area contributed by atoms with Crippen LogP contribution >= 0.6 is 7.82 Å². The molecule has 3 N–H and O–H groups in total. The highest BCUT2D eigenvalue weighted by molar-refractivity contribution is 7.45. The maximum Gasteiger partial charge on any atom is 0.466 e. The molecule has 0 saturated heterocycles. The van der Waals surface area contributed by atoms with E-state index in [-0.39, 0.29) is 5.41 Å². The lowest BCUT2D eigenvalue weighted by Crippen LogP contribution is -2.10. The molecular formula is C22H25O4P. The van der Waals surface area contributed by atoms with Crippen molar-refractivity contribution in [2.75, 3.05) is 0 Å². The summed E-state index contributed by atoms with van der Waals surface area (Å²) in [7, 11) is -4.64. The molecule has 142 valence electrons. The number of phosphoric acid groups is 1. The van der Waals surface area contributed by atoms with Gasteiger partial charge in [0.1, 0.15) is 0 Å². The Bertz CT molecular complexity index is 899. The summed E-state index contributed by atoms with van der Waals surface area (Å²) < 4.78 is 8.88. The third-order valence-electron chi connectivity index (χ3n) is 4.07. The van der Waals surface area contributed by atoms with E-state index in [1.807, 2.05) is 0 Å². The monoisotopic (exact) mass is 384 g/mol. The first kappa shape index (κ1) is 21.1. The van der Waals surface area contributed by atoms with Gasteiger partial charge in [0.2, 0.25) is 0 Å². The van der Waals surface area contributed by atoms with Crippen LogP contribution in [0.25, 0.3) is 22.3 Å². The predicted molar refractivity (Wildman–Crippen MR) is 110 cm³/mol. The van der Waals surface area contributed by atoms with Crippen molar-refractivity contribution < 1.29 is 19.2 Å². The third-order valence-corrected chi connectivity index (χ3v) is 4.07. The zero-order valence-electron chi connectivity index (χ0n) is 15.7. The van der Waals surface area contributed by atoms with Crippen LogP contribution in [-0.2, 0) is 9.98 Å². The Balaban J connectivity index is 0.000000465. The van der Waals surface area contributed by atoms with Gasteiger partial charge in [-0.3, -0.25) is 0 Å². The molecule has 0 unspecified atom stereocenters. The average Bonchev–Trinajstić information content (AvgIpc) is 2.60. The van der Waals surface area contributed by atoms with Crippen molar-refractivity contribution in [2.45, 2.75) is 26.2 Å². The quantitative estimate of drug-likeness (QED) is 0.518. The van der Waals surface area contributed by atoms with Crippen molar-refractivity contribution in [2.24, 2.45) is 0 Å². The smallest absolute Gasteiger partial charge is 0.303 e. The molecule has 0 fully saturated rings. The number of rotatable bonds is 2. The second-order valence-corrected chi connectivity index (χ2v) is 8.28. The van der Waals surface area contributed by atoms with Gasteiger partial charge in [-0.25, -0.2) is 4.57 Å². The molecule has 3 aromatic rings. The fourth-order valence-corrected chi connectivity index (χ4v) is 2.75. The highest BCUT2D eigenvalue weighted by atomic mass is 31.2. The van der Waals surface area contributed by atoms with Gasteiger partial charge in [0.25, 0.3) is 0 Å². The Hall–Kier alpha value is -2.23. The van der Waals surface area contributed by atoms with E-state index in [2.05, 4.69) is 99.6 Å². The highest BCUT2D eigenvalue weighted by Gasteiger charge is 2.13. The van der Waals surface area contributed by atoms with Crippen LogP contribution in [0.3, 0.4) is 0 Å². The molecule has 3 rings (SSSR count). The molecule has 27 heavy (non-hydrogen) atoms. The SMILES string of the molecule is CC(C)(C)c1ccc(-c2ccccc2-c2ccccc2)cc1.O=P(O)(O)O. The fraction of sp³-hybridized carbons (Fsp3) is 0.182. The molecule has 0 spiro atoms. The van der Waals surface area contributed by atoms with Gasteiger partial charge >= 0.3 is 7.82 Å². The van der Waals surface area contributed by atoms with E-state index in [4.69, 9.17) is 19.2 Å². The summed E-state index contributed by atoms with van der Waals surface area (Å²) in [5.74, 6) is 0. The van der Waals surface area contributed by atoms with Crippen LogP contribution in [0.2, 0.25) is 0 Å². The Morgan fingerprint density at radius 3 is 1.41 bits per heavy atom. The minimum atomic E-state index is -4.64. The van der Waals surface area contributed by atoms with Gasteiger partial charge in [-0.2, -0.15) is 0 Å². The van der Waals surface area contributed by atoms with Crippen LogP contribution in [0, 0.1) is 0 Å². The molecule has 3 aromatic carbocycles. The maximum absolute atomic E-state index is 8.88. The van der Waals surface area contributed by atoms with Gasteiger partial charge in [0.05, 0.1) is 0 Å². The normalized spacial score (nSPS) is 11.5. The summed E-state index contributed by atoms with van der Waals surface area (Å²) in [6, 6.07) is 28.2. The maximum atomic E-state index is 8.88. The van der Waals surface area contributed by atoms with Crippen molar-refractivity contribution in [1.82, 2.24) is 0 Å². The number of benzene rings is 3. The van der Waals surface area contributed by atoms with Gasteiger partial charge in [0.15, 0.2) is 0 Å². The topological polar surface area (TPSA) is 77.8 Å². The van der Waals surface area contributed by atoms with Gasteiger partial charge in [0, 0.05) is 0 Å². The second-order valence-electron chi connectivity index (χ2n) is 7.25. The minimum Gasteiger partial charge on any atom is -0.303 e. The largest absolute Gasteiger partial charge is 0.466 e. The van der Waals surface area contributed by atoms with Crippen LogP contribution in [-0.4, -0.2) is 14.7 Å². The van der Waals surface area contributed by atoms with Crippen LogP contribution in [0.15, 0.2) is 78.9 Å². The molecule has 0 aliphatic rings. The zero-order valence-corrected chi connectivity index (χ0v) is 16.6. The third kappa shape index (κ3) is 6.78. The Morgan fingerprint density at radius 1 is 0.630 bits per heavy atom. The van der Waals surface area contributed by atoms with E-state index in [1.165, 1.54) is 27.8 Å². The first-order valence-corrected chi connectivity index (χ1v) is 10.2. The van der Waals surface area contributed by atoms with Crippen LogP contribution in [0.1, 0.15) is 26.3 Å². The second kappa shape index (κ2) is 8.64. The highest BCUT2D eigenvalue weighted by Crippen LogP contribution is 2.33. The Labute approximate surface area is 160 Å². The Morgan fingerprint density at radius 2 is 1.00 bits per heavy atom. The summed E-state index contributed by atoms with van der Waals surface area (Å²) >= 11 is 0. The molecule has 0 saturated carbocycles. The first-order chi connectivity index (χ1) is 12.6. The number of hydrogen-bond donors (Lipinski definition) is 3. The average molecular weight is 384 g/mol. The first-order valence-electron chi connectivity index (χ1n) is 8.59. The molecule has 0 bridgehead atoms. The van der Waals surface area contributed by atoms with Crippen LogP contribution in [0.5, 0.6) is 0 Å². The van der Waals surface area contributed by atoms with Crippen molar-refractivity contribution in [3.8, 4) is 22.3 Å². The van der Waals surface area contributed by atoms with E-state index in [0.717, 1.165) is 0 Å². The van der Waals surface area contributed by atoms with Crippen LogP contribution in [0.4, 0.5) is 0 Å². The molecule has 0 aliphatic heterocycles. The molecule has 5 heteroatoms. The molecular weight excluding hydrogens is 359 g/mol. The summed E-state index contributed by atoms with van der Waals surface area (Å²) in [6.45, 7) is 6.75. The van der Waals surface area contributed by atoms with Crippen LogP contribution < -0.4 is 0 Å².